The van der Waals surface area contributed by atoms with Crippen LogP contribution in [0.2, 0.25) is 0 Å². The summed E-state index contributed by atoms with van der Waals surface area (Å²) in [6, 6.07) is 4.39. The van der Waals surface area contributed by atoms with Gasteiger partial charge < -0.3 is 5.32 Å². The molecule has 0 aliphatic carbocycles. The molecule has 0 amide bonds. The number of nitrogens with one attached hydrogen (secondary N) is 1. The molecule has 1 aliphatic rings. The standard InChI is InChI=1S/C9H6Cl3NO2S/c10-8-4-13-9(11)7-3-5(16(12,14)15)1-2-6(7)8/h1-4,9,13H. The average molecular weight is 299 g/mol. The van der Waals surface area contributed by atoms with Crippen molar-refractivity contribution in [3.05, 3.63) is 35.5 Å². The lowest BCUT2D eigenvalue weighted by Gasteiger charge is -2.20. The maximum absolute atomic E-state index is 11.2. The minimum Gasteiger partial charge on any atom is -0.370 e. The van der Waals surface area contributed by atoms with Crippen molar-refractivity contribution < 1.29 is 8.42 Å². The topological polar surface area (TPSA) is 46.2 Å². The van der Waals surface area contributed by atoms with Gasteiger partial charge in [-0.1, -0.05) is 29.3 Å². The molecule has 1 aromatic carbocycles. The maximum Gasteiger partial charge on any atom is 0.261 e. The predicted molar refractivity (Wildman–Crippen MR) is 65.0 cm³/mol. The van der Waals surface area contributed by atoms with Gasteiger partial charge in [0.25, 0.3) is 9.05 Å². The van der Waals surface area contributed by atoms with Gasteiger partial charge in [0.2, 0.25) is 0 Å². The van der Waals surface area contributed by atoms with Crippen LogP contribution in [0.25, 0.3) is 5.03 Å². The molecule has 0 saturated carbocycles. The fraction of sp³-hybridized carbons (Fsp3) is 0.111. The van der Waals surface area contributed by atoms with Crippen molar-refractivity contribution in [2.45, 2.75) is 10.4 Å². The molecule has 1 aromatic rings. The van der Waals surface area contributed by atoms with E-state index in [1.807, 2.05) is 0 Å². The molecule has 0 radical (unpaired) electrons. The fourth-order valence-corrected chi connectivity index (χ4v) is 2.70. The largest absolute Gasteiger partial charge is 0.370 e. The Balaban J connectivity index is 2.63. The minimum atomic E-state index is -3.75. The Morgan fingerprint density at radius 2 is 2.00 bits per heavy atom. The van der Waals surface area contributed by atoms with Crippen LogP contribution in [0.1, 0.15) is 16.6 Å². The van der Waals surface area contributed by atoms with Gasteiger partial charge in [-0.25, -0.2) is 8.42 Å². The van der Waals surface area contributed by atoms with E-state index in [-0.39, 0.29) is 4.90 Å². The number of hydrogen-bond donors (Lipinski definition) is 1. The fourth-order valence-electron chi connectivity index (χ4n) is 1.43. The third-order valence-corrected chi connectivity index (χ3v) is 4.22. The Morgan fingerprint density at radius 1 is 1.31 bits per heavy atom. The summed E-state index contributed by atoms with van der Waals surface area (Å²) in [6.07, 6.45) is 1.57. The highest BCUT2D eigenvalue weighted by molar-refractivity contribution is 8.13. The highest BCUT2D eigenvalue weighted by Gasteiger charge is 2.21. The first kappa shape index (κ1) is 12.0. The Kier molecular flexibility index (Phi) is 3.09. The Bertz CT molecular complexity index is 568. The van der Waals surface area contributed by atoms with E-state index in [1.165, 1.54) is 12.1 Å². The molecule has 1 atom stereocenters. The third-order valence-electron chi connectivity index (χ3n) is 2.19. The molecule has 7 heteroatoms. The van der Waals surface area contributed by atoms with E-state index < -0.39 is 14.6 Å². The van der Waals surface area contributed by atoms with Crippen molar-refractivity contribution in [3.63, 3.8) is 0 Å². The first-order valence-corrected chi connectivity index (χ1v) is 7.37. The van der Waals surface area contributed by atoms with Gasteiger partial charge in [-0.2, -0.15) is 0 Å². The molecule has 1 aliphatic heterocycles. The van der Waals surface area contributed by atoms with E-state index in [4.69, 9.17) is 33.9 Å². The summed E-state index contributed by atoms with van der Waals surface area (Å²) in [6.45, 7) is 0. The number of fused-ring (bicyclic) bond motifs is 1. The normalized spacial score (nSPS) is 19.7. The molecule has 1 N–H and O–H groups in total. The molecule has 0 aromatic heterocycles. The highest BCUT2D eigenvalue weighted by Crippen LogP contribution is 2.35. The van der Waals surface area contributed by atoms with E-state index in [2.05, 4.69) is 5.32 Å². The van der Waals surface area contributed by atoms with Crippen molar-refractivity contribution in [2.75, 3.05) is 0 Å². The zero-order valence-electron chi connectivity index (χ0n) is 7.75. The van der Waals surface area contributed by atoms with Crippen LogP contribution in [-0.4, -0.2) is 8.42 Å². The molecule has 1 unspecified atom stereocenters. The molecule has 0 bridgehead atoms. The maximum atomic E-state index is 11.2. The molecule has 16 heavy (non-hydrogen) atoms. The Hall–Kier alpha value is -0.420. The van der Waals surface area contributed by atoms with Crippen LogP contribution in [-0.2, 0) is 9.05 Å². The zero-order valence-corrected chi connectivity index (χ0v) is 10.8. The number of halogens is 3. The number of hydrogen-bond acceptors (Lipinski definition) is 3. The lowest BCUT2D eigenvalue weighted by Crippen LogP contribution is -2.16. The molecule has 2 rings (SSSR count). The summed E-state index contributed by atoms with van der Waals surface area (Å²) in [7, 11) is 1.49. The molecule has 0 saturated heterocycles. The Morgan fingerprint density at radius 3 is 2.62 bits per heavy atom. The highest BCUT2D eigenvalue weighted by atomic mass is 35.7. The minimum absolute atomic E-state index is 0.00623. The molecular formula is C9H6Cl3NO2S. The molecule has 3 nitrogen and oxygen atoms in total. The van der Waals surface area contributed by atoms with Crippen molar-refractivity contribution in [2.24, 2.45) is 0 Å². The van der Waals surface area contributed by atoms with Crippen LogP contribution in [0.15, 0.2) is 29.3 Å². The van der Waals surface area contributed by atoms with Crippen LogP contribution in [0, 0.1) is 0 Å². The van der Waals surface area contributed by atoms with Gasteiger partial charge in [-0.3, -0.25) is 0 Å². The first-order chi connectivity index (χ1) is 7.39. The molecule has 0 fully saturated rings. The molecular weight excluding hydrogens is 293 g/mol. The van der Waals surface area contributed by atoms with E-state index >= 15 is 0 Å². The molecule has 0 spiro atoms. The summed E-state index contributed by atoms with van der Waals surface area (Å²) < 4.78 is 22.3. The van der Waals surface area contributed by atoms with Gasteiger partial charge >= 0.3 is 0 Å². The summed E-state index contributed by atoms with van der Waals surface area (Å²) in [4.78, 5) is 0.00623. The van der Waals surface area contributed by atoms with Crippen molar-refractivity contribution in [1.29, 1.82) is 0 Å². The van der Waals surface area contributed by atoms with Crippen LogP contribution in [0.5, 0.6) is 0 Å². The lowest BCUT2D eigenvalue weighted by molar-refractivity contribution is 0.609. The van der Waals surface area contributed by atoms with Gasteiger partial charge in [0.15, 0.2) is 0 Å². The molecule has 1 heterocycles. The number of rotatable bonds is 1. The van der Waals surface area contributed by atoms with Crippen molar-refractivity contribution in [3.8, 4) is 0 Å². The first-order valence-electron chi connectivity index (χ1n) is 4.24. The van der Waals surface area contributed by atoms with E-state index in [0.29, 0.717) is 16.2 Å². The van der Waals surface area contributed by atoms with E-state index in [9.17, 15) is 8.42 Å². The van der Waals surface area contributed by atoms with E-state index in [1.54, 1.807) is 12.3 Å². The van der Waals surface area contributed by atoms with Gasteiger partial charge in [0, 0.05) is 22.4 Å². The SMILES string of the molecule is O=S(=O)(Cl)c1ccc2c(c1)C(Cl)NC=C2Cl. The van der Waals surface area contributed by atoms with Crippen LogP contribution < -0.4 is 5.32 Å². The zero-order chi connectivity index (χ0) is 11.9. The van der Waals surface area contributed by atoms with Gasteiger partial charge in [0.05, 0.1) is 9.93 Å². The van der Waals surface area contributed by atoms with Gasteiger partial charge in [0.1, 0.15) is 5.50 Å². The second kappa shape index (κ2) is 4.11. The number of benzene rings is 1. The van der Waals surface area contributed by atoms with Crippen LogP contribution >= 0.6 is 33.9 Å². The number of alkyl halides is 1. The average Bonchev–Trinajstić information content (AvgIpc) is 2.22. The predicted octanol–water partition coefficient (Wildman–Crippen LogP) is 2.99. The quantitative estimate of drug-likeness (QED) is 0.492. The summed E-state index contributed by atoms with van der Waals surface area (Å²) in [5, 5.41) is 3.28. The monoisotopic (exact) mass is 297 g/mol. The van der Waals surface area contributed by atoms with Crippen molar-refractivity contribution in [1.82, 2.24) is 5.32 Å². The smallest absolute Gasteiger partial charge is 0.261 e. The Labute approximate surface area is 107 Å². The summed E-state index contributed by atoms with van der Waals surface area (Å²) in [5.74, 6) is 0. The van der Waals surface area contributed by atoms with Gasteiger partial charge in [-0.15, -0.1) is 0 Å². The second-order valence-corrected chi connectivity index (χ2v) is 6.62. The summed E-state index contributed by atoms with van der Waals surface area (Å²) >= 11 is 11.9. The summed E-state index contributed by atoms with van der Waals surface area (Å²) in [5.41, 5.74) is 0.774. The van der Waals surface area contributed by atoms with Crippen LogP contribution in [0.3, 0.4) is 0 Å². The van der Waals surface area contributed by atoms with Gasteiger partial charge in [-0.05, 0) is 17.7 Å². The molecule has 86 valence electrons. The van der Waals surface area contributed by atoms with Crippen LogP contribution in [0.4, 0.5) is 0 Å². The van der Waals surface area contributed by atoms with E-state index in [0.717, 1.165) is 0 Å². The second-order valence-electron chi connectivity index (χ2n) is 3.21. The lowest BCUT2D eigenvalue weighted by atomic mass is 10.1. The third kappa shape index (κ3) is 2.15. The van der Waals surface area contributed by atoms with Crippen molar-refractivity contribution >= 4 is 48.0 Å².